The van der Waals surface area contributed by atoms with Crippen molar-refractivity contribution in [2.45, 2.75) is 85.4 Å². The van der Waals surface area contributed by atoms with Crippen molar-refractivity contribution >= 4 is 30.3 Å². The Morgan fingerprint density at radius 1 is 0.893 bits per heavy atom. The van der Waals surface area contributed by atoms with E-state index in [9.17, 15) is 9.59 Å². The molecule has 0 aromatic heterocycles. The summed E-state index contributed by atoms with van der Waals surface area (Å²) in [6.07, 6.45) is 11.0. The van der Waals surface area contributed by atoms with Crippen LogP contribution < -0.4 is 0 Å². The van der Waals surface area contributed by atoms with E-state index in [-0.39, 0.29) is 6.42 Å². The van der Waals surface area contributed by atoms with Crippen LogP contribution in [0.5, 0.6) is 0 Å². The summed E-state index contributed by atoms with van der Waals surface area (Å²) in [5.74, 6) is -0.994. The molecule has 1 aromatic carbocycles. The molecule has 0 N–H and O–H groups in total. The number of allylic oxidation sites excluding steroid dienone is 1. The van der Waals surface area contributed by atoms with Gasteiger partial charge >= 0.3 is 176 Å². The van der Waals surface area contributed by atoms with Crippen molar-refractivity contribution in [1.29, 1.82) is 0 Å². The van der Waals surface area contributed by atoms with Crippen LogP contribution in [-0.2, 0) is 9.53 Å². The molecule has 0 unspecified atom stereocenters. The summed E-state index contributed by atoms with van der Waals surface area (Å²) in [6, 6.07) is 8.68. The molecule has 0 aliphatic carbocycles. The average Bonchev–Trinajstić information content (AvgIpc) is 2.72. The third-order valence-corrected chi connectivity index (χ3v) is 19.5. The fraction of sp³-hybridized carbons (Fsp3) is 0.583. The van der Waals surface area contributed by atoms with Gasteiger partial charge in [-0.1, -0.05) is 0 Å². The van der Waals surface area contributed by atoms with Crippen LogP contribution in [0.4, 0.5) is 0 Å². The number of hydrogen-bond donors (Lipinski definition) is 0. The first-order valence-electron chi connectivity index (χ1n) is 11.0. The molecule has 0 saturated heterocycles. The molecule has 3 nitrogen and oxygen atoms in total. The van der Waals surface area contributed by atoms with Gasteiger partial charge in [-0.15, -0.1) is 0 Å². The summed E-state index contributed by atoms with van der Waals surface area (Å²) in [5.41, 5.74) is 0.417. The Labute approximate surface area is 175 Å². The summed E-state index contributed by atoms with van der Waals surface area (Å²) in [7, 11) is 0. The maximum absolute atomic E-state index is 12.0. The quantitative estimate of drug-likeness (QED) is 0.158. The van der Waals surface area contributed by atoms with Crippen molar-refractivity contribution in [3.05, 3.63) is 46.1 Å². The molecule has 0 aliphatic heterocycles. The molecule has 156 valence electrons. The summed E-state index contributed by atoms with van der Waals surface area (Å²) in [5, 5.41) is 0. The van der Waals surface area contributed by atoms with Crippen molar-refractivity contribution in [3.63, 3.8) is 0 Å². The summed E-state index contributed by atoms with van der Waals surface area (Å²) in [4.78, 5) is 24.0. The van der Waals surface area contributed by atoms with Crippen LogP contribution in [0.15, 0.2) is 40.5 Å². The zero-order valence-corrected chi connectivity index (χ0v) is 20.9. The number of benzene rings is 1. The fourth-order valence-corrected chi connectivity index (χ4v) is 18.1. The van der Waals surface area contributed by atoms with Gasteiger partial charge in [0.2, 0.25) is 0 Å². The topological polar surface area (TPSA) is 43.4 Å². The Morgan fingerprint density at radius 2 is 1.43 bits per heavy atom. The molecule has 0 bridgehead atoms. The van der Waals surface area contributed by atoms with Gasteiger partial charge in [-0.05, 0) is 0 Å². The molecule has 1 aromatic rings. The molecule has 4 heteroatoms. The minimum atomic E-state index is -2.27. The van der Waals surface area contributed by atoms with Gasteiger partial charge in [0.15, 0.2) is 0 Å². The van der Waals surface area contributed by atoms with Crippen LogP contribution in [-0.4, -0.2) is 30.3 Å². The molecule has 28 heavy (non-hydrogen) atoms. The molecule has 0 radical (unpaired) electrons. The zero-order chi connectivity index (χ0) is 20.7. The average molecular weight is 493 g/mol. The Morgan fingerprint density at radius 3 is 1.93 bits per heavy atom. The van der Waals surface area contributed by atoms with Gasteiger partial charge in [-0.25, -0.2) is 0 Å². The van der Waals surface area contributed by atoms with Crippen LogP contribution in [0.1, 0.15) is 82.5 Å². The molecule has 0 atom stereocenters. The second kappa shape index (κ2) is 14.8. The fourth-order valence-electron chi connectivity index (χ4n) is 3.53. The van der Waals surface area contributed by atoms with E-state index in [0.29, 0.717) is 12.0 Å². The number of rotatable bonds is 14. The Kier molecular flexibility index (Phi) is 13.2. The second-order valence-electron chi connectivity index (χ2n) is 7.74. The van der Waals surface area contributed by atoms with E-state index < -0.39 is 30.3 Å². The van der Waals surface area contributed by atoms with Crippen molar-refractivity contribution in [2.75, 3.05) is 0 Å². The van der Waals surface area contributed by atoms with Gasteiger partial charge in [-0.3, -0.25) is 0 Å². The van der Waals surface area contributed by atoms with Crippen molar-refractivity contribution < 1.29 is 14.3 Å². The third-order valence-electron chi connectivity index (χ3n) is 5.29. The Balaban J connectivity index is 2.59. The van der Waals surface area contributed by atoms with E-state index in [4.69, 9.17) is 4.74 Å². The molecule has 0 spiro atoms. The van der Waals surface area contributed by atoms with Gasteiger partial charge in [0.05, 0.1) is 0 Å². The summed E-state index contributed by atoms with van der Waals surface area (Å²) < 4.78 is 11.8. The molecule has 0 heterocycles. The van der Waals surface area contributed by atoms with Crippen LogP contribution in [0.3, 0.4) is 0 Å². The number of ether oxygens (including phenoxy) is 1. The number of hydrogen-bond acceptors (Lipinski definition) is 3. The normalized spacial score (nSPS) is 11.7. The Bertz CT molecular complexity index is 573. The van der Waals surface area contributed by atoms with Crippen LogP contribution in [0, 0.1) is 0 Å². The predicted octanol–water partition coefficient (Wildman–Crippen LogP) is 7.09. The van der Waals surface area contributed by atoms with Crippen molar-refractivity contribution in [2.24, 2.45) is 0 Å². The summed E-state index contributed by atoms with van der Waals surface area (Å²) in [6.45, 7) is 6.83. The van der Waals surface area contributed by atoms with Gasteiger partial charge in [0.1, 0.15) is 0 Å². The minimum absolute atomic E-state index is 0.270. The van der Waals surface area contributed by atoms with E-state index in [1.165, 1.54) is 51.8 Å². The third kappa shape index (κ3) is 9.90. The van der Waals surface area contributed by atoms with Gasteiger partial charge in [0.25, 0.3) is 0 Å². The molecule has 1 rings (SSSR count). The first kappa shape index (κ1) is 24.9. The molecular weight excluding hydrogens is 455 g/mol. The van der Waals surface area contributed by atoms with Crippen LogP contribution in [0.2, 0.25) is 13.3 Å². The van der Waals surface area contributed by atoms with Gasteiger partial charge in [0, 0.05) is 0 Å². The molecule has 0 aliphatic rings. The maximum atomic E-state index is 12.0. The van der Waals surface area contributed by atoms with E-state index in [0.717, 1.165) is 0 Å². The van der Waals surface area contributed by atoms with Gasteiger partial charge in [-0.2, -0.15) is 0 Å². The van der Waals surface area contributed by atoms with E-state index in [2.05, 4.69) is 30.9 Å². The molecular formula is C24H38O3Sn. The Hall–Kier alpha value is -1.10. The molecule has 0 saturated carbocycles. The van der Waals surface area contributed by atoms with E-state index in [1.54, 1.807) is 24.3 Å². The first-order valence-corrected chi connectivity index (χ1v) is 18.7. The number of carbonyl (C=O) groups is 2. The number of unbranched alkanes of at least 4 members (excludes halogenated alkanes) is 3. The molecule has 0 fully saturated rings. The van der Waals surface area contributed by atoms with E-state index >= 15 is 0 Å². The number of carbonyl (C=O) groups excluding carboxylic acids is 2. The molecule has 0 amide bonds. The second-order valence-corrected chi connectivity index (χ2v) is 20.8. The van der Waals surface area contributed by atoms with E-state index in [1.807, 2.05) is 6.07 Å². The standard InChI is InChI=1S/C12H11O3.3C4H9.Sn/c1-2-3-9-11(13)15-12(14)10-7-5-4-6-8-10;3*1-3-4-2;/h1-2,4-8H,3,9H2;3*1,3-4H2,2H3;. The number of esters is 2. The predicted molar refractivity (Wildman–Crippen MR) is 120 cm³/mol. The van der Waals surface area contributed by atoms with Crippen molar-refractivity contribution in [3.8, 4) is 0 Å². The first-order chi connectivity index (χ1) is 13.6. The zero-order valence-electron chi connectivity index (χ0n) is 18.0. The SMILES string of the molecule is CCC[CH2][Sn](/[CH]=C/CCC(=O)OC(=O)c1ccccc1)([CH2]CCC)[CH2]CCC. The van der Waals surface area contributed by atoms with Crippen molar-refractivity contribution in [1.82, 2.24) is 0 Å². The van der Waals surface area contributed by atoms with Crippen LogP contribution >= 0.6 is 0 Å². The monoisotopic (exact) mass is 494 g/mol. The van der Waals surface area contributed by atoms with Crippen LogP contribution in [0.25, 0.3) is 0 Å². The van der Waals surface area contributed by atoms with Gasteiger partial charge < -0.3 is 0 Å². The summed E-state index contributed by atoms with van der Waals surface area (Å²) >= 11 is -2.27.